The molecule has 0 aliphatic carbocycles. The van der Waals surface area contributed by atoms with E-state index in [1.54, 1.807) is 16.8 Å². The fourth-order valence-electron chi connectivity index (χ4n) is 5.59. The predicted molar refractivity (Wildman–Crippen MR) is 192 cm³/mol. The number of ether oxygens (including phenoxy) is 1. The molecule has 1 N–H and O–H groups in total. The molecule has 1 aliphatic rings. The third kappa shape index (κ3) is 10.0. The number of nitrogens with one attached hydrogen (secondary N) is 1. The number of unbranched alkanes of at least 4 members (excludes halogenated alkanes) is 6. The summed E-state index contributed by atoms with van der Waals surface area (Å²) >= 11 is 0. The number of aromatic nitrogens is 2. The van der Waals surface area contributed by atoms with E-state index in [2.05, 4.69) is 36.8 Å². The summed E-state index contributed by atoms with van der Waals surface area (Å²) in [6, 6.07) is 12.4. The van der Waals surface area contributed by atoms with Crippen molar-refractivity contribution in [3.05, 3.63) is 65.0 Å². The molecule has 1 aromatic heterocycles. The van der Waals surface area contributed by atoms with E-state index in [1.165, 1.54) is 18.9 Å². The average molecular weight is 680 g/mol. The monoisotopic (exact) mass is 679 g/mol. The first-order valence-electron chi connectivity index (χ1n) is 17.3. The lowest BCUT2D eigenvalue weighted by Gasteiger charge is -2.23. The lowest BCUT2D eigenvalue weighted by molar-refractivity contribution is -0.167. The van der Waals surface area contributed by atoms with Crippen LogP contribution in [0.2, 0.25) is 0 Å². The molecule has 1 amide bonds. The minimum atomic E-state index is -5.09. The fourth-order valence-corrected chi connectivity index (χ4v) is 5.59. The van der Waals surface area contributed by atoms with E-state index >= 15 is 0 Å². The molecule has 0 spiro atoms. The summed E-state index contributed by atoms with van der Waals surface area (Å²) in [5.41, 5.74) is 4.43. The molecule has 49 heavy (non-hydrogen) atoms. The molecule has 0 saturated carbocycles. The molecule has 0 radical (unpaired) electrons. The molecule has 264 valence electrons. The van der Waals surface area contributed by atoms with Gasteiger partial charge in [-0.25, -0.2) is 14.7 Å². The number of anilines is 2. The van der Waals surface area contributed by atoms with Crippen LogP contribution in [0, 0.1) is 20.8 Å². The molecule has 2 aromatic carbocycles. The average Bonchev–Trinajstić information content (AvgIpc) is 3.63. The maximum atomic E-state index is 13.4. The smallest absolute Gasteiger partial charge is 0.471 e. The number of aryl methyl sites for hydroxylation is 3. The molecule has 12 heteroatoms. The fraction of sp³-hybridized carbons (Fsp3) is 0.486. The molecule has 0 fully saturated rings. The van der Waals surface area contributed by atoms with Crippen molar-refractivity contribution >= 4 is 40.5 Å². The van der Waals surface area contributed by atoms with Crippen LogP contribution in [0.4, 0.5) is 30.2 Å². The van der Waals surface area contributed by atoms with Crippen LogP contribution in [0.5, 0.6) is 5.75 Å². The van der Waals surface area contributed by atoms with Crippen LogP contribution in [-0.2, 0) is 4.79 Å². The van der Waals surface area contributed by atoms with Gasteiger partial charge >= 0.3 is 12.1 Å². The van der Waals surface area contributed by atoms with Gasteiger partial charge in [0.1, 0.15) is 11.5 Å². The molecule has 3 aromatic rings. The SMILES string of the molecule is CCCCCCCCOc1ccc(NC(=O)C(F)(F)F)c(C2=NC(n3nc(C)cc3C)=N/C2=N\c2ccc(N(CC)CCCC)cc2C)c1. The number of benzene rings is 2. The topological polar surface area (TPSA) is 96.5 Å². The van der Waals surface area contributed by atoms with Gasteiger partial charge in [-0.1, -0.05) is 52.4 Å². The third-order valence-corrected chi connectivity index (χ3v) is 8.28. The van der Waals surface area contributed by atoms with Gasteiger partial charge in [-0.2, -0.15) is 23.3 Å². The number of amides is 1. The number of nitrogens with zero attached hydrogens (tertiary/aromatic N) is 6. The molecular formula is C37H48F3N7O2. The van der Waals surface area contributed by atoms with Gasteiger partial charge in [-0.3, -0.25) is 4.79 Å². The quantitative estimate of drug-likeness (QED) is 0.153. The van der Waals surface area contributed by atoms with Crippen molar-refractivity contribution in [1.29, 1.82) is 0 Å². The summed E-state index contributed by atoms with van der Waals surface area (Å²) in [5.74, 6) is -1.28. The minimum absolute atomic E-state index is 0.0907. The predicted octanol–water partition coefficient (Wildman–Crippen LogP) is 9.11. The molecule has 9 nitrogen and oxygen atoms in total. The van der Waals surface area contributed by atoms with Crippen molar-refractivity contribution in [3.8, 4) is 5.75 Å². The Balaban J connectivity index is 1.76. The zero-order chi connectivity index (χ0) is 35.6. The van der Waals surface area contributed by atoms with Gasteiger partial charge in [0, 0.05) is 30.0 Å². The number of aliphatic imine (C=N–C) groups is 3. The lowest BCUT2D eigenvalue weighted by atomic mass is 10.1. The van der Waals surface area contributed by atoms with Crippen LogP contribution < -0.4 is 15.0 Å². The normalized spacial score (nSPS) is 13.9. The van der Waals surface area contributed by atoms with Gasteiger partial charge in [0.2, 0.25) is 0 Å². The highest BCUT2D eigenvalue weighted by molar-refractivity contribution is 6.54. The number of amidine groups is 1. The van der Waals surface area contributed by atoms with E-state index in [1.807, 2.05) is 44.3 Å². The van der Waals surface area contributed by atoms with E-state index < -0.39 is 12.1 Å². The Morgan fingerprint density at radius 3 is 2.31 bits per heavy atom. The zero-order valence-corrected chi connectivity index (χ0v) is 29.5. The van der Waals surface area contributed by atoms with Crippen LogP contribution in [-0.4, -0.2) is 59.1 Å². The lowest BCUT2D eigenvalue weighted by Crippen LogP contribution is -2.31. The maximum Gasteiger partial charge on any atom is 0.471 e. The van der Waals surface area contributed by atoms with E-state index in [0.29, 0.717) is 18.0 Å². The van der Waals surface area contributed by atoms with Crippen molar-refractivity contribution in [2.45, 2.75) is 99.1 Å². The largest absolute Gasteiger partial charge is 0.494 e. The Bertz CT molecular complexity index is 1690. The Labute approximate surface area is 287 Å². The number of carbonyl (C=O) groups is 1. The summed E-state index contributed by atoms with van der Waals surface area (Å²) < 4.78 is 47.9. The number of carbonyl (C=O) groups excluding carboxylic acids is 1. The Kier molecular flexibility index (Phi) is 13.2. The van der Waals surface area contributed by atoms with E-state index in [-0.39, 0.29) is 28.8 Å². The molecule has 0 bridgehead atoms. The summed E-state index contributed by atoms with van der Waals surface area (Å²) in [7, 11) is 0. The van der Waals surface area contributed by atoms with Crippen LogP contribution in [0.3, 0.4) is 0 Å². The second kappa shape index (κ2) is 17.3. The zero-order valence-electron chi connectivity index (χ0n) is 29.5. The molecule has 0 saturated heterocycles. The van der Waals surface area contributed by atoms with E-state index in [9.17, 15) is 18.0 Å². The maximum absolute atomic E-state index is 13.4. The summed E-state index contributed by atoms with van der Waals surface area (Å²) in [6.45, 7) is 14.4. The van der Waals surface area contributed by atoms with E-state index in [0.717, 1.165) is 74.3 Å². The number of halogens is 3. The second-order valence-corrected chi connectivity index (χ2v) is 12.3. The number of hydrogen-bond acceptors (Lipinski definition) is 6. The van der Waals surface area contributed by atoms with E-state index in [4.69, 9.17) is 19.7 Å². The first kappa shape index (κ1) is 37.3. The van der Waals surface area contributed by atoms with Crippen molar-refractivity contribution in [2.24, 2.45) is 15.0 Å². The third-order valence-electron chi connectivity index (χ3n) is 8.28. The first-order chi connectivity index (χ1) is 23.4. The Morgan fingerprint density at radius 1 is 0.918 bits per heavy atom. The summed E-state index contributed by atoms with van der Waals surface area (Å²) in [4.78, 5) is 28.8. The van der Waals surface area contributed by atoms with Crippen molar-refractivity contribution in [3.63, 3.8) is 0 Å². The highest BCUT2D eigenvalue weighted by atomic mass is 19.4. The van der Waals surface area contributed by atoms with Crippen molar-refractivity contribution < 1.29 is 22.7 Å². The highest BCUT2D eigenvalue weighted by Gasteiger charge is 2.39. The minimum Gasteiger partial charge on any atom is -0.494 e. The van der Waals surface area contributed by atoms with Gasteiger partial charge in [0.05, 0.1) is 23.7 Å². The van der Waals surface area contributed by atoms with Gasteiger partial charge in [0.15, 0.2) is 5.84 Å². The summed E-state index contributed by atoms with van der Waals surface area (Å²) in [5, 5.41) is 6.54. The Hall–Kier alpha value is -4.48. The number of hydrogen-bond donors (Lipinski definition) is 1. The van der Waals surface area contributed by atoms with Crippen LogP contribution >= 0.6 is 0 Å². The standard InChI is InChI=1S/C37H48F3N7O2/c1-7-10-12-13-14-15-21-49-29-17-19-32(42-35(48)37(38,39)40)30(24-29)33-34(44-36(43-33)47-27(6)23-26(5)45-47)41-31-18-16-28(22-25(31)4)46(9-3)20-11-8-2/h16-19,22-24H,7-15,20-21H2,1-6H3,(H,42,48)/b41-34-. The van der Waals surface area contributed by atoms with Crippen molar-refractivity contribution in [2.75, 3.05) is 29.9 Å². The number of rotatable bonds is 16. The molecule has 4 rings (SSSR count). The van der Waals surface area contributed by atoms with Crippen LogP contribution in [0.15, 0.2) is 57.4 Å². The molecule has 0 atom stereocenters. The first-order valence-corrected chi connectivity index (χ1v) is 17.3. The molecule has 1 aliphatic heterocycles. The molecular weight excluding hydrogens is 631 g/mol. The molecule has 2 heterocycles. The summed E-state index contributed by atoms with van der Waals surface area (Å²) in [6.07, 6.45) is 3.59. The van der Waals surface area contributed by atoms with Gasteiger partial charge in [-0.05, 0) is 88.6 Å². The molecule has 0 unspecified atom stereocenters. The highest BCUT2D eigenvalue weighted by Crippen LogP contribution is 2.31. The van der Waals surface area contributed by atoms with Crippen LogP contribution in [0.1, 0.15) is 94.7 Å². The van der Waals surface area contributed by atoms with Crippen molar-refractivity contribution in [1.82, 2.24) is 9.78 Å². The number of alkyl halides is 3. The Morgan fingerprint density at radius 2 is 1.65 bits per heavy atom. The van der Waals surface area contributed by atoms with Crippen LogP contribution in [0.25, 0.3) is 0 Å². The second-order valence-electron chi connectivity index (χ2n) is 12.3. The van der Waals surface area contributed by atoms with Gasteiger partial charge in [-0.15, -0.1) is 0 Å². The van der Waals surface area contributed by atoms with Gasteiger partial charge < -0.3 is 15.0 Å². The van der Waals surface area contributed by atoms with Gasteiger partial charge in [0.25, 0.3) is 5.96 Å².